The van der Waals surface area contributed by atoms with Gasteiger partial charge in [-0.1, -0.05) is 41.5 Å². The van der Waals surface area contributed by atoms with E-state index in [1.807, 2.05) is 41.5 Å². The van der Waals surface area contributed by atoms with E-state index in [0.29, 0.717) is 45.4 Å². The van der Waals surface area contributed by atoms with Crippen molar-refractivity contribution in [3.8, 4) is 0 Å². The molecule has 0 radical (unpaired) electrons. The number of amides is 4. The highest BCUT2D eigenvalue weighted by atomic mass is 16.2. The van der Waals surface area contributed by atoms with E-state index < -0.39 is 16.9 Å². The zero-order valence-corrected chi connectivity index (χ0v) is 21.3. The van der Waals surface area contributed by atoms with Crippen molar-refractivity contribution in [3.63, 3.8) is 0 Å². The molecule has 0 aliphatic heterocycles. The van der Waals surface area contributed by atoms with Crippen LogP contribution in [-0.2, 0) is 19.2 Å². The molecule has 0 fully saturated rings. The predicted octanol–water partition coefficient (Wildman–Crippen LogP) is 0.00600. The maximum atomic E-state index is 12.9. The van der Waals surface area contributed by atoms with Crippen molar-refractivity contribution in [1.29, 1.82) is 0 Å². The summed E-state index contributed by atoms with van der Waals surface area (Å²) >= 11 is 0. The van der Waals surface area contributed by atoms with Gasteiger partial charge in [0.2, 0.25) is 23.6 Å². The number of hydrogen-bond donors (Lipinski definition) is 6. The van der Waals surface area contributed by atoms with E-state index in [1.165, 1.54) is 0 Å². The van der Waals surface area contributed by atoms with Crippen molar-refractivity contribution in [3.05, 3.63) is 0 Å². The van der Waals surface area contributed by atoms with Crippen molar-refractivity contribution >= 4 is 23.6 Å². The molecular formula is C23H46N6O4. The van der Waals surface area contributed by atoms with Gasteiger partial charge in [0.1, 0.15) is 0 Å². The Hall–Kier alpha value is -2.20. The van der Waals surface area contributed by atoms with E-state index in [1.54, 1.807) is 0 Å². The molecule has 0 rings (SSSR count). The maximum Gasteiger partial charge on any atom is 0.238 e. The fraction of sp³-hybridized carbons (Fsp3) is 0.826. The first-order valence-corrected chi connectivity index (χ1v) is 11.9. The fourth-order valence-electron chi connectivity index (χ4n) is 3.34. The van der Waals surface area contributed by atoms with Crippen LogP contribution in [0.25, 0.3) is 0 Å². The van der Waals surface area contributed by atoms with Crippen molar-refractivity contribution in [2.45, 2.75) is 73.3 Å². The van der Waals surface area contributed by atoms with Gasteiger partial charge in [0.15, 0.2) is 0 Å². The molecule has 3 atom stereocenters. The van der Waals surface area contributed by atoms with E-state index in [0.717, 1.165) is 6.42 Å². The highest BCUT2D eigenvalue weighted by molar-refractivity contribution is 5.86. The van der Waals surface area contributed by atoms with Crippen LogP contribution in [-0.4, -0.2) is 62.4 Å². The second-order valence-corrected chi connectivity index (χ2v) is 9.57. The molecule has 0 aromatic rings. The number of nitrogens with one attached hydrogen (secondary N) is 4. The first-order valence-electron chi connectivity index (χ1n) is 11.9. The zero-order chi connectivity index (χ0) is 25.7. The SMILES string of the molecule is CCC(C)C(=O)NCCNC(=O)C(C)(CC)CC(C)(C)C(=O)NCCCNC(=O)C(N)CN. The van der Waals surface area contributed by atoms with Gasteiger partial charge in [-0.25, -0.2) is 0 Å². The molecule has 33 heavy (non-hydrogen) atoms. The molecule has 0 aliphatic rings. The lowest BCUT2D eigenvalue weighted by Crippen LogP contribution is -2.48. The molecule has 0 bridgehead atoms. The predicted molar refractivity (Wildman–Crippen MR) is 130 cm³/mol. The normalized spacial score (nSPS) is 15.0. The Morgan fingerprint density at radius 3 is 1.88 bits per heavy atom. The third kappa shape index (κ3) is 11.0. The summed E-state index contributed by atoms with van der Waals surface area (Å²) in [6.45, 7) is 12.8. The highest BCUT2D eigenvalue weighted by Crippen LogP contribution is 2.37. The number of rotatable bonds is 16. The summed E-state index contributed by atoms with van der Waals surface area (Å²) in [5.41, 5.74) is 9.40. The first kappa shape index (κ1) is 30.8. The molecule has 0 saturated heterocycles. The van der Waals surface area contributed by atoms with Crippen LogP contribution in [0.15, 0.2) is 0 Å². The van der Waals surface area contributed by atoms with Gasteiger partial charge in [-0.15, -0.1) is 0 Å². The van der Waals surface area contributed by atoms with Gasteiger partial charge in [-0.05, 0) is 25.7 Å². The molecule has 0 aliphatic carbocycles. The standard InChI is InChI=1S/C23H46N6O4/c1-7-16(3)18(30)27-12-13-29-21(33)23(6,8-2)15-22(4,5)20(32)28-11-9-10-26-19(31)17(25)14-24/h16-17H,7-15,24-25H2,1-6H3,(H,26,31)(H,27,30)(H,28,32)(H,29,33). The van der Waals surface area contributed by atoms with Crippen molar-refractivity contribution in [1.82, 2.24) is 21.3 Å². The summed E-state index contributed by atoms with van der Waals surface area (Å²) in [5, 5.41) is 11.3. The van der Waals surface area contributed by atoms with Crippen LogP contribution in [0.4, 0.5) is 0 Å². The minimum Gasteiger partial charge on any atom is -0.356 e. The number of hydrogen-bond acceptors (Lipinski definition) is 6. The molecule has 192 valence electrons. The van der Waals surface area contributed by atoms with E-state index in [-0.39, 0.29) is 36.1 Å². The molecule has 10 heteroatoms. The summed E-state index contributed by atoms with van der Waals surface area (Å²) in [7, 11) is 0. The average molecular weight is 471 g/mol. The molecule has 0 spiro atoms. The number of carbonyl (C=O) groups excluding carboxylic acids is 4. The summed E-state index contributed by atoms with van der Waals surface area (Å²) in [5.74, 6) is -0.679. The third-order valence-electron chi connectivity index (χ3n) is 6.07. The van der Waals surface area contributed by atoms with Gasteiger partial charge in [0.05, 0.1) is 6.04 Å². The largest absolute Gasteiger partial charge is 0.356 e. The quantitative estimate of drug-likeness (QED) is 0.174. The summed E-state index contributed by atoms with van der Waals surface area (Å²) in [6.07, 6.45) is 2.26. The molecule has 10 nitrogen and oxygen atoms in total. The number of carbonyl (C=O) groups is 4. The highest BCUT2D eigenvalue weighted by Gasteiger charge is 2.40. The molecule has 0 aromatic carbocycles. The van der Waals surface area contributed by atoms with Crippen LogP contribution in [0.3, 0.4) is 0 Å². The lowest BCUT2D eigenvalue weighted by atomic mass is 9.71. The minimum atomic E-state index is -0.766. The van der Waals surface area contributed by atoms with Crippen molar-refractivity contribution in [2.24, 2.45) is 28.2 Å². The Morgan fingerprint density at radius 2 is 1.33 bits per heavy atom. The van der Waals surface area contributed by atoms with Crippen LogP contribution < -0.4 is 32.7 Å². The van der Waals surface area contributed by atoms with Crippen molar-refractivity contribution < 1.29 is 19.2 Å². The third-order valence-corrected chi connectivity index (χ3v) is 6.07. The maximum absolute atomic E-state index is 12.9. The van der Waals surface area contributed by atoms with Crippen LogP contribution in [0.5, 0.6) is 0 Å². The van der Waals surface area contributed by atoms with Crippen LogP contribution in [0, 0.1) is 16.7 Å². The Morgan fingerprint density at radius 1 is 0.818 bits per heavy atom. The van der Waals surface area contributed by atoms with E-state index in [4.69, 9.17) is 11.5 Å². The lowest BCUT2D eigenvalue weighted by molar-refractivity contribution is -0.137. The summed E-state index contributed by atoms with van der Waals surface area (Å²) in [4.78, 5) is 49.0. The Bertz CT molecular complexity index is 655. The molecule has 3 unspecified atom stereocenters. The Kier molecular flexibility index (Phi) is 13.9. The molecule has 0 aromatic heterocycles. The summed E-state index contributed by atoms with van der Waals surface area (Å²) < 4.78 is 0. The topological polar surface area (TPSA) is 168 Å². The smallest absolute Gasteiger partial charge is 0.238 e. The van der Waals surface area contributed by atoms with Crippen molar-refractivity contribution in [2.75, 3.05) is 32.7 Å². The molecule has 0 saturated carbocycles. The number of nitrogens with two attached hydrogens (primary N) is 2. The fourth-order valence-corrected chi connectivity index (χ4v) is 3.34. The van der Waals surface area contributed by atoms with Gasteiger partial charge in [0, 0.05) is 49.5 Å². The van der Waals surface area contributed by atoms with Gasteiger partial charge < -0.3 is 32.7 Å². The Labute approximate surface area is 198 Å². The minimum absolute atomic E-state index is 0.0235. The van der Waals surface area contributed by atoms with Gasteiger partial charge in [-0.3, -0.25) is 19.2 Å². The van der Waals surface area contributed by atoms with Crippen LogP contribution in [0.2, 0.25) is 0 Å². The second-order valence-electron chi connectivity index (χ2n) is 9.57. The second kappa shape index (κ2) is 14.8. The Balaban J connectivity index is 4.57. The monoisotopic (exact) mass is 470 g/mol. The van der Waals surface area contributed by atoms with Gasteiger partial charge in [0.25, 0.3) is 0 Å². The average Bonchev–Trinajstić information content (AvgIpc) is 2.79. The molecular weight excluding hydrogens is 424 g/mol. The summed E-state index contributed by atoms with van der Waals surface area (Å²) in [6, 6.07) is -0.729. The molecule has 0 heterocycles. The first-order chi connectivity index (χ1) is 15.3. The molecule has 4 amide bonds. The molecule has 8 N–H and O–H groups in total. The van der Waals surface area contributed by atoms with E-state index >= 15 is 0 Å². The van der Waals surface area contributed by atoms with Gasteiger partial charge in [-0.2, -0.15) is 0 Å². The lowest BCUT2D eigenvalue weighted by Gasteiger charge is -2.35. The zero-order valence-electron chi connectivity index (χ0n) is 21.3. The van der Waals surface area contributed by atoms with E-state index in [2.05, 4.69) is 21.3 Å². The van der Waals surface area contributed by atoms with Gasteiger partial charge >= 0.3 is 0 Å². The van der Waals surface area contributed by atoms with Crippen LogP contribution in [0.1, 0.15) is 67.2 Å². The van der Waals surface area contributed by atoms with Crippen LogP contribution >= 0.6 is 0 Å². The van der Waals surface area contributed by atoms with E-state index in [9.17, 15) is 19.2 Å².